The molecule has 0 N–H and O–H groups in total. The number of allylic oxidation sites excluding steroid dienone is 2. The number of fused-ring (bicyclic) bond motifs is 2. The van der Waals surface area contributed by atoms with E-state index in [9.17, 15) is 0 Å². The largest absolute Gasteiger partial charge is 0.335 e. The maximum atomic E-state index is 2.44. The Hall–Kier alpha value is -2.04. The number of thiazole rings is 1. The first-order valence-corrected chi connectivity index (χ1v) is 12.4. The highest BCUT2D eigenvalue weighted by Gasteiger charge is 2.25. The van der Waals surface area contributed by atoms with Crippen LogP contribution < -0.4 is 9.47 Å². The van der Waals surface area contributed by atoms with E-state index in [4.69, 9.17) is 0 Å². The predicted molar refractivity (Wildman–Crippen MR) is 134 cm³/mol. The van der Waals surface area contributed by atoms with Gasteiger partial charge in [0.15, 0.2) is 0 Å². The average Bonchev–Trinajstić information content (AvgIpc) is 3.18. The van der Waals surface area contributed by atoms with Crippen molar-refractivity contribution in [2.75, 3.05) is 11.4 Å². The van der Waals surface area contributed by atoms with E-state index in [0.29, 0.717) is 0 Å². The zero-order valence-corrected chi connectivity index (χ0v) is 20.7. The molecule has 1 aromatic heterocycles. The molecule has 0 radical (unpaired) electrons. The van der Waals surface area contributed by atoms with Crippen molar-refractivity contribution in [3.05, 3.63) is 68.2 Å². The van der Waals surface area contributed by atoms with Gasteiger partial charge >= 0.3 is 0 Å². The SMILES string of the molecule is CCN1/C(=C/C(C)=C/c2sc3cc(C)c(C)cc3[n+]2CC)Sc2cc(C)c(C)cc21. The Morgan fingerprint density at radius 3 is 2.33 bits per heavy atom. The van der Waals surface area contributed by atoms with Crippen LogP contribution in [0.3, 0.4) is 0 Å². The van der Waals surface area contributed by atoms with Gasteiger partial charge in [-0.1, -0.05) is 23.1 Å². The third-order valence-electron chi connectivity index (χ3n) is 6.03. The topological polar surface area (TPSA) is 7.12 Å². The minimum Gasteiger partial charge on any atom is -0.335 e. The summed E-state index contributed by atoms with van der Waals surface area (Å²) in [6, 6.07) is 9.34. The Balaban J connectivity index is 1.73. The van der Waals surface area contributed by atoms with Crippen molar-refractivity contribution in [3.63, 3.8) is 0 Å². The Labute approximate surface area is 188 Å². The van der Waals surface area contributed by atoms with Crippen molar-refractivity contribution < 1.29 is 4.57 Å². The molecule has 2 heterocycles. The number of benzene rings is 2. The molecule has 0 unspecified atom stereocenters. The van der Waals surface area contributed by atoms with E-state index < -0.39 is 0 Å². The summed E-state index contributed by atoms with van der Waals surface area (Å²) in [5.41, 5.74) is 9.44. The number of aryl methyl sites for hydroxylation is 5. The molecule has 2 nitrogen and oxygen atoms in total. The van der Waals surface area contributed by atoms with Crippen molar-refractivity contribution in [1.82, 2.24) is 0 Å². The van der Waals surface area contributed by atoms with Gasteiger partial charge in [-0.05, 0) is 101 Å². The number of hydrogen-bond donors (Lipinski definition) is 0. The zero-order chi connectivity index (χ0) is 21.6. The standard InChI is InChI=1S/C26H31N2S2/c1-8-27-21-12-17(4)19(6)14-23(21)29-25(27)10-16(3)11-26-28(9-2)22-13-18(5)20(7)15-24(22)30-26/h10-15H,8-9H2,1-7H3/q+1. The van der Waals surface area contributed by atoms with Crippen LogP contribution in [0.2, 0.25) is 0 Å². The van der Waals surface area contributed by atoms with Crippen LogP contribution >= 0.6 is 23.1 Å². The first-order valence-electron chi connectivity index (χ1n) is 10.7. The minimum atomic E-state index is 0.984. The maximum Gasteiger partial charge on any atom is 0.262 e. The highest BCUT2D eigenvalue weighted by Crippen LogP contribution is 2.47. The lowest BCUT2D eigenvalue weighted by Gasteiger charge is -2.18. The van der Waals surface area contributed by atoms with Crippen LogP contribution in [0.15, 0.2) is 45.8 Å². The molecular weight excluding hydrogens is 404 g/mol. The number of thioether (sulfide) groups is 1. The molecule has 0 saturated heterocycles. The summed E-state index contributed by atoms with van der Waals surface area (Å²) in [6.07, 6.45) is 4.69. The molecule has 0 bridgehead atoms. The fourth-order valence-corrected chi connectivity index (χ4v) is 6.64. The number of rotatable bonds is 4. The van der Waals surface area contributed by atoms with Crippen molar-refractivity contribution in [2.45, 2.75) is 59.9 Å². The fraction of sp³-hybridized carbons (Fsp3) is 0.346. The van der Waals surface area contributed by atoms with Crippen molar-refractivity contribution in [2.24, 2.45) is 0 Å². The summed E-state index contributed by atoms with van der Waals surface area (Å²) >= 11 is 3.78. The minimum absolute atomic E-state index is 0.984. The molecule has 1 aliphatic heterocycles. The van der Waals surface area contributed by atoms with E-state index in [-0.39, 0.29) is 0 Å². The molecule has 4 heteroatoms. The molecule has 1 aliphatic rings. The van der Waals surface area contributed by atoms with Crippen LogP contribution in [0.5, 0.6) is 0 Å². The Morgan fingerprint density at radius 2 is 1.63 bits per heavy atom. The van der Waals surface area contributed by atoms with E-state index in [1.54, 1.807) is 0 Å². The number of anilines is 1. The van der Waals surface area contributed by atoms with E-state index in [1.165, 1.54) is 58.7 Å². The fourth-order valence-electron chi connectivity index (χ4n) is 4.01. The lowest BCUT2D eigenvalue weighted by Crippen LogP contribution is -2.33. The molecule has 30 heavy (non-hydrogen) atoms. The van der Waals surface area contributed by atoms with Gasteiger partial charge in [0.1, 0.15) is 11.2 Å². The molecule has 156 valence electrons. The highest BCUT2D eigenvalue weighted by molar-refractivity contribution is 8.03. The van der Waals surface area contributed by atoms with Gasteiger partial charge in [-0.2, -0.15) is 4.57 Å². The van der Waals surface area contributed by atoms with E-state index in [1.807, 2.05) is 23.1 Å². The zero-order valence-electron chi connectivity index (χ0n) is 19.1. The third-order valence-corrected chi connectivity index (χ3v) is 8.22. The van der Waals surface area contributed by atoms with Gasteiger partial charge in [0.25, 0.3) is 5.01 Å². The molecule has 2 aromatic carbocycles. The van der Waals surface area contributed by atoms with Gasteiger partial charge in [0.05, 0.1) is 10.7 Å². The van der Waals surface area contributed by atoms with Crippen LogP contribution in [-0.2, 0) is 6.54 Å². The number of hydrogen-bond acceptors (Lipinski definition) is 3. The summed E-state index contributed by atoms with van der Waals surface area (Å²) in [5, 5.41) is 2.64. The monoisotopic (exact) mass is 435 g/mol. The molecule has 3 aromatic rings. The van der Waals surface area contributed by atoms with Crippen LogP contribution in [0.4, 0.5) is 5.69 Å². The van der Waals surface area contributed by atoms with Crippen LogP contribution in [0.1, 0.15) is 48.0 Å². The second-order valence-corrected chi connectivity index (χ2v) is 10.3. The van der Waals surface area contributed by atoms with Gasteiger partial charge in [-0.3, -0.25) is 0 Å². The molecular formula is C26H31N2S2+. The lowest BCUT2D eigenvalue weighted by atomic mass is 10.1. The van der Waals surface area contributed by atoms with Crippen molar-refractivity contribution in [3.8, 4) is 0 Å². The van der Waals surface area contributed by atoms with Gasteiger partial charge < -0.3 is 4.90 Å². The van der Waals surface area contributed by atoms with E-state index in [2.05, 4.69) is 94.4 Å². The predicted octanol–water partition coefficient (Wildman–Crippen LogP) is 7.32. The summed E-state index contributed by atoms with van der Waals surface area (Å²) in [4.78, 5) is 3.81. The molecule has 0 fully saturated rings. The normalized spacial score (nSPS) is 15.5. The van der Waals surface area contributed by atoms with Gasteiger partial charge in [0.2, 0.25) is 5.52 Å². The van der Waals surface area contributed by atoms with Gasteiger partial charge in [0, 0.05) is 23.6 Å². The van der Waals surface area contributed by atoms with Crippen LogP contribution in [-0.4, -0.2) is 6.54 Å². The summed E-state index contributed by atoms with van der Waals surface area (Å²) < 4.78 is 3.81. The van der Waals surface area contributed by atoms with Crippen molar-refractivity contribution in [1.29, 1.82) is 0 Å². The summed E-state index contributed by atoms with van der Waals surface area (Å²) in [5.74, 6) is 0. The lowest BCUT2D eigenvalue weighted by molar-refractivity contribution is -0.665. The number of aromatic nitrogens is 1. The smallest absolute Gasteiger partial charge is 0.262 e. The molecule has 0 saturated carbocycles. The Morgan fingerprint density at radius 1 is 0.967 bits per heavy atom. The molecule has 0 amide bonds. The van der Waals surface area contributed by atoms with E-state index >= 15 is 0 Å². The second kappa shape index (κ2) is 8.24. The van der Waals surface area contributed by atoms with Crippen molar-refractivity contribution >= 4 is 45.1 Å². The quantitative estimate of drug-likeness (QED) is 0.396. The molecule has 0 spiro atoms. The second-order valence-electron chi connectivity index (χ2n) is 8.21. The molecule has 4 rings (SSSR count). The molecule has 0 atom stereocenters. The van der Waals surface area contributed by atoms with Gasteiger partial charge in [-0.15, -0.1) is 0 Å². The van der Waals surface area contributed by atoms with Crippen LogP contribution in [0.25, 0.3) is 16.3 Å². The van der Waals surface area contributed by atoms with Gasteiger partial charge in [-0.25, -0.2) is 0 Å². The summed E-state index contributed by atoms with van der Waals surface area (Å²) in [6.45, 7) is 17.5. The Bertz CT molecular complexity index is 1200. The maximum absolute atomic E-state index is 2.44. The highest BCUT2D eigenvalue weighted by atomic mass is 32.2. The van der Waals surface area contributed by atoms with E-state index in [0.717, 1.165) is 13.1 Å². The Kier molecular flexibility index (Phi) is 5.82. The summed E-state index contributed by atoms with van der Waals surface area (Å²) in [7, 11) is 0. The molecule has 0 aliphatic carbocycles. The first-order chi connectivity index (χ1) is 14.3. The van der Waals surface area contributed by atoms with Crippen LogP contribution in [0, 0.1) is 27.7 Å². The number of nitrogens with zero attached hydrogens (tertiary/aromatic N) is 2. The average molecular weight is 436 g/mol. The first kappa shape index (κ1) is 21.2. The third kappa shape index (κ3) is 3.72.